The van der Waals surface area contributed by atoms with Gasteiger partial charge in [-0.15, -0.1) is 0 Å². The molecule has 0 unspecified atom stereocenters. The first-order valence-corrected chi connectivity index (χ1v) is 9.67. The topological polar surface area (TPSA) is 45.7 Å². The van der Waals surface area contributed by atoms with E-state index < -0.39 is 0 Å². The number of fused-ring (bicyclic) bond motifs is 1. The van der Waals surface area contributed by atoms with Crippen LogP contribution in [-0.2, 0) is 11.2 Å². The third-order valence-corrected chi connectivity index (χ3v) is 5.29. The molecule has 1 amide bonds. The molecule has 0 fully saturated rings. The lowest BCUT2D eigenvalue weighted by molar-refractivity contribution is -0.687. The van der Waals surface area contributed by atoms with E-state index in [2.05, 4.69) is 47.0 Å². The van der Waals surface area contributed by atoms with E-state index in [9.17, 15) is 4.79 Å². The number of carbonyl (C=O) groups is 1. The minimum Gasteiger partial charge on any atom is -0.332 e. The lowest BCUT2D eigenvalue weighted by Gasteiger charge is -2.23. The number of hydrogen-bond acceptors (Lipinski definition) is 1. The summed E-state index contributed by atoms with van der Waals surface area (Å²) in [6, 6.07) is 27.1. The molecule has 1 aliphatic carbocycles. The standard InChI is InChI=1S/C24H24N2O/c27-24(17-25-22-16-8-12-19-11-4-5-13-20(19)22)26-23-15-7-6-14-21(23)18-9-2-1-3-10-18/h1-7,9-11,13-15,22,25H,8,12,16-17H2,(H,26,27)/p+1/t22-/m0/s1. The van der Waals surface area contributed by atoms with Crippen molar-refractivity contribution in [1.29, 1.82) is 0 Å². The van der Waals surface area contributed by atoms with Gasteiger partial charge in [-0.2, -0.15) is 0 Å². The van der Waals surface area contributed by atoms with Crippen LogP contribution in [0.5, 0.6) is 0 Å². The van der Waals surface area contributed by atoms with Crippen LogP contribution in [0.4, 0.5) is 5.69 Å². The number of carbonyl (C=O) groups excluding carboxylic acids is 1. The fourth-order valence-corrected chi connectivity index (χ4v) is 3.95. The number of amides is 1. The highest BCUT2D eigenvalue weighted by molar-refractivity contribution is 5.95. The third-order valence-electron chi connectivity index (χ3n) is 5.29. The van der Waals surface area contributed by atoms with E-state index in [-0.39, 0.29) is 5.91 Å². The monoisotopic (exact) mass is 357 g/mol. The average Bonchev–Trinajstić information content (AvgIpc) is 2.73. The number of nitrogens with one attached hydrogen (secondary N) is 1. The van der Waals surface area contributed by atoms with Gasteiger partial charge in [-0.25, -0.2) is 0 Å². The zero-order valence-electron chi connectivity index (χ0n) is 15.4. The van der Waals surface area contributed by atoms with Crippen molar-refractivity contribution in [1.82, 2.24) is 0 Å². The maximum absolute atomic E-state index is 12.6. The van der Waals surface area contributed by atoms with E-state index in [0.29, 0.717) is 12.6 Å². The molecular weight excluding hydrogens is 332 g/mol. The van der Waals surface area contributed by atoms with Crippen molar-refractivity contribution in [3.63, 3.8) is 0 Å². The molecule has 0 aliphatic heterocycles. The molecule has 4 rings (SSSR count). The Labute approximate surface area is 160 Å². The number of rotatable bonds is 5. The van der Waals surface area contributed by atoms with Crippen LogP contribution < -0.4 is 10.6 Å². The Kier molecular flexibility index (Phi) is 5.31. The number of benzene rings is 3. The SMILES string of the molecule is O=C(C[NH2+][C@H]1CCCc2ccccc21)Nc1ccccc1-c1ccccc1. The second kappa shape index (κ2) is 8.19. The zero-order chi connectivity index (χ0) is 18.5. The summed E-state index contributed by atoms with van der Waals surface area (Å²) >= 11 is 0. The molecule has 1 atom stereocenters. The van der Waals surface area contributed by atoms with Crippen LogP contribution >= 0.6 is 0 Å². The summed E-state index contributed by atoms with van der Waals surface area (Å²) < 4.78 is 0. The van der Waals surface area contributed by atoms with Crippen molar-refractivity contribution in [3.8, 4) is 11.1 Å². The molecule has 0 bridgehead atoms. The average molecular weight is 357 g/mol. The summed E-state index contributed by atoms with van der Waals surface area (Å²) in [6.07, 6.45) is 3.47. The highest BCUT2D eigenvalue weighted by atomic mass is 16.1. The Hall–Kier alpha value is -2.91. The molecule has 3 aromatic carbocycles. The Bertz CT molecular complexity index is 920. The maximum atomic E-state index is 12.6. The molecule has 1 aliphatic rings. The fourth-order valence-electron chi connectivity index (χ4n) is 3.95. The molecule has 0 saturated carbocycles. The molecule has 0 radical (unpaired) electrons. The summed E-state index contributed by atoms with van der Waals surface area (Å²) in [5.74, 6) is 0.0430. The van der Waals surface area contributed by atoms with Gasteiger partial charge < -0.3 is 10.6 Å². The van der Waals surface area contributed by atoms with Gasteiger partial charge in [0.25, 0.3) is 5.91 Å². The normalized spacial score (nSPS) is 15.8. The molecule has 27 heavy (non-hydrogen) atoms. The van der Waals surface area contributed by atoms with Gasteiger partial charge in [0.1, 0.15) is 6.04 Å². The molecule has 0 aromatic heterocycles. The van der Waals surface area contributed by atoms with Crippen LogP contribution in [0.15, 0.2) is 78.9 Å². The molecule has 136 valence electrons. The van der Waals surface area contributed by atoms with Crippen molar-refractivity contribution < 1.29 is 10.1 Å². The summed E-state index contributed by atoms with van der Waals surface area (Å²) in [5.41, 5.74) is 5.85. The number of quaternary nitrogens is 1. The molecule has 3 N–H and O–H groups in total. The number of para-hydroxylation sites is 1. The quantitative estimate of drug-likeness (QED) is 0.714. The molecule has 0 spiro atoms. The lowest BCUT2D eigenvalue weighted by atomic mass is 9.88. The van der Waals surface area contributed by atoms with Crippen LogP contribution in [0.1, 0.15) is 30.0 Å². The van der Waals surface area contributed by atoms with E-state index in [1.54, 1.807) is 0 Å². The van der Waals surface area contributed by atoms with Crippen LogP contribution in [0.3, 0.4) is 0 Å². The van der Waals surface area contributed by atoms with Crippen molar-refractivity contribution in [2.75, 3.05) is 11.9 Å². The van der Waals surface area contributed by atoms with Gasteiger partial charge in [0.15, 0.2) is 6.54 Å². The summed E-state index contributed by atoms with van der Waals surface area (Å²) in [7, 11) is 0. The van der Waals surface area contributed by atoms with E-state index in [0.717, 1.165) is 29.7 Å². The number of aryl methyl sites for hydroxylation is 1. The second-order valence-corrected chi connectivity index (χ2v) is 7.10. The predicted octanol–water partition coefficient (Wildman–Crippen LogP) is 3.93. The van der Waals surface area contributed by atoms with E-state index in [1.165, 1.54) is 17.5 Å². The van der Waals surface area contributed by atoms with Crippen LogP contribution in [0, 0.1) is 0 Å². The lowest BCUT2D eigenvalue weighted by Crippen LogP contribution is -2.87. The molecule has 3 nitrogen and oxygen atoms in total. The van der Waals surface area contributed by atoms with E-state index >= 15 is 0 Å². The minimum atomic E-state index is 0.0430. The minimum absolute atomic E-state index is 0.0430. The maximum Gasteiger partial charge on any atom is 0.279 e. The van der Waals surface area contributed by atoms with E-state index in [4.69, 9.17) is 0 Å². The second-order valence-electron chi connectivity index (χ2n) is 7.10. The van der Waals surface area contributed by atoms with Crippen molar-refractivity contribution in [2.45, 2.75) is 25.3 Å². The Morgan fingerprint density at radius 1 is 0.926 bits per heavy atom. The molecular formula is C24H25N2O+. The van der Waals surface area contributed by atoms with E-state index in [1.807, 2.05) is 42.5 Å². The zero-order valence-corrected chi connectivity index (χ0v) is 15.4. The van der Waals surface area contributed by atoms with Gasteiger partial charge in [0.2, 0.25) is 0 Å². The number of nitrogens with two attached hydrogens (primary N) is 1. The van der Waals surface area contributed by atoms with Crippen molar-refractivity contribution in [3.05, 3.63) is 90.0 Å². The van der Waals surface area contributed by atoms with Gasteiger partial charge in [-0.05, 0) is 30.0 Å². The highest BCUT2D eigenvalue weighted by Crippen LogP contribution is 2.28. The van der Waals surface area contributed by atoms with Gasteiger partial charge in [-0.1, -0.05) is 72.8 Å². The first-order valence-electron chi connectivity index (χ1n) is 9.67. The van der Waals surface area contributed by atoms with Gasteiger partial charge in [0, 0.05) is 23.2 Å². The summed E-state index contributed by atoms with van der Waals surface area (Å²) in [6.45, 7) is 0.433. The van der Waals surface area contributed by atoms with Crippen molar-refractivity contribution >= 4 is 11.6 Å². The van der Waals surface area contributed by atoms with Gasteiger partial charge in [-0.3, -0.25) is 4.79 Å². The van der Waals surface area contributed by atoms with Crippen molar-refractivity contribution in [2.24, 2.45) is 0 Å². The fraction of sp³-hybridized carbons (Fsp3) is 0.208. The van der Waals surface area contributed by atoms with Gasteiger partial charge >= 0.3 is 0 Å². The Morgan fingerprint density at radius 3 is 2.56 bits per heavy atom. The highest BCUT2D eigenvalue weighted by Gasteiger charge is 2.23. The molecule has 3 heteroatoms. The largest absolute Gasteiger partial charge is 0.332 e. The van der Waals surface area contributed by atoms with Gasteiger partial charge in [0.05, 0.1) is 0 Å². The smallest absolute Gasteiger partial charge is 0.279 e. The molecule has 0 saturated heterocycles. The number of hydrogen-bond donors (Lipinski definition) is 2. The summed E-state index contributed by atoms with van der Waals surface area (Å²) in [5, 5.41) is 5.28. The molecule has 0 heterocycles. The first-order chi connectivity index (χ1) is 13.3. The summed E-state index contributed by atoms with van der Waals surface area (Å²) in [4.78, 5) is 12.6. The first kappa shape index (κ1) is 17.5. The van der Waals surface area contributed by atoms with Crippen LogP contribution in [0.2, 0.25) is 0 Å². The predicted molar refractivity (Wildman–Crippen MR) is 109 cm³/mol. The molecule has 3 aromatic rings. The van der Waals surface area contributed by atoms with Crippen LogP contribution in [-0.4, -0.2) is 12.5 Å². The van der Waals surface area contributed by atoms with Crippen LogP contribution in [0.25, 0.3) is 11.1 Å². The Morgan fingerprint density at radius 2 is 1.67 bits per heavy atom. The Balaban J connectivity index is 1.43. The number of anilines is 1. The third kappa shape index (κ3) is 4.09.